The summed E-state index contributed by atoms with van der Waals surface area (Å²) in [6, 6.07) is 0. The number of rotatable bonds is 5. The largest absolute Gasteiger partial charge is 0.372 e. The van der Waals surface area contributed by atoms with Gasteiger partial charge in [0, 0.05) is 45.9 Å². The van der Waals surface area contributed by atoms with E-state index in [1.54, 1.807) is 0 Å². The molecule has 0 aromatic carbocycles. The smallest absolute Gasteiger partial charge is 0.248 e. The summed E-state index contributed by atoms with van der Waals surface area (Å²) < 4.78 is 5.10. The van der Waals surface area contributed by atoms with Crippen molar-refractivity contribution >= 4 is 5.91 Å². The zero-order valence-electron chi connectivity index (χ0n) is 9.45. The van der Waals surface area contributed by atoms with Crippen molar-refractivity contribution in [3.05, 3.63) is 0 Å². The Hall–Kier alpha value is -0.650. The zero-order chi connectivity index (χ0) is 11.1. The van der Waals surface area contributed by atoms with Gasteiger partial charge in [-0.25, -0.2) is 0 Å². The first-order valence-electron chi connectivity index (χ1n) is 5.56. The lowest BCUT2D eigenvalue weighted by molar-refractivity contribution is -0.137. The molecule has 0 spiro atoms. The minimum Gasteiger partial charge on any atom is -0.372 e. The fourth-order valence-electron chi connectivity index (χ4n) is 1.68. The highest BCUT2D eigenvalue weighted by Gasteiger charge is 2.19. The second kappa shape index (κ2) is 6.76. The van der Waals surface area contributed by atoms with E-state index in [4.69, 9.17) is 10.5 Å². The quantitative estimate of drug-likeness (QED) is 0.647. The average molecular weight is 215 g/mol. The lowest BCUT2D eigenvalue weighted by Crippen LogP contribution is -2.50. The van der Waals surface area contributed by atoms with E-state index in [2.05, 4.69) is 4.90 Å². The molecule has 88 valence electrons. The summed E-state index contributed by atoms with van der Waals surface area (Å²) in [5, 5.41) is 0. The van der Waals surface area contributed by atoms with Gasteiger partial charge >= 0.3 is 0 Å². The van der Waals surface area contributed by atoms with Crippen molar-refractivity contribution in [3.63, 3.8) is 0 Å². The first kappa shape index (κ1) is 12.4. The van der Waals surface area contributed by atoms with Gasteiger partial charge in [0.25, 0.3) is 0 Å². The summed E-state index contributed by atoms with van der Waals surface area (Å²) in [4.78, 5) is 15.7. The maximum absolute atomic E-state index is 11.6. The highest BCUT2D eigenvalue weighted by molar-refractivity contribution is 5.77. The summed E-state index contributed by atoms with van der Waals surface area (Å²) >= 11 is 0. The first-order valence-corrected chi connectivity index (χ1v) is 5.56. The Morgan fingerprint density at radius 3 is 2.53 bits per heavy atom. The molecule has 0 aliphatic carbocycles. The van der Waals surface area contributed by atoms with Gasteiger partial charge < -0.3 is 15.4 Å². The van der Waals surface area contributed by atoms with Gasteiger partial charge in [-0.05, 0) is 6.92 Å². The third-order valence-corrected chi connectivity index (χ3v) is 2.60. The van der Waals surface area contributed by atoms with Crippen LogP contribution in [0.4, 0.5) is 0 Å². The van der Waals surface area contributed by atoms with Crippen LogP contribution in [0.1, 0.15) is 6.92 Å². The van der Waals surface area contributed by atoms with Crippen LogP contribution >= 0.6 is 0 Å². The molecule has 0 unspecified atom stereocenters. The predicted octanol–water partition coefficient (Wildman–Crippen LogP) is -0.874. The molecule has 1 heterocycles. The van der Waals surface area contributed by atoms with Crippen LogP contribution in [-0.2, 0) is 9.53 Å². The van der Waals surface area contributed by atoms with E-state index in [-0.39, 0.29) is 12.5 Å². The summed E-state index contributed by atoms with van der Waals surface area (Å²) in [5.41, 5.74) is 5.48. The molecule has 15 heavy (non-hydrogen) atoms. The summed E-state index contributed by atoms with van der Waals surface area (Å²) in [6.45, 7) is 7.76. The van der Waals surface area contributed by atoms with E-state index in [9.17, 15) is 4.79 Å². The maximum Gasteiger partial charge on any atom is 0.248 e. The van der Waals surface area contributed by atoms with E-state index in [0.717, 1.165) is 32.7 Å². The Kier molecular flexibility index (Phi) is 5.60. The van der Waals surface area contributed by atoms with Crippen molar-refractivity contribution in [1.29, 1.82) is 0 Å². The second-order valence-electron chi connectivity index (χ2n) is 3.65. The normalized spacial score (nSPS) is 18.1. The van der Waals surface area contributed by atoms with E-state index in [0.29, 0.717) is 13.2 Å². The number of carbonyl (C=O) groups excluding carboxylic acids is 1. The standard InChI is InChI=1S/C10H21N3O2/c1-2-15-9-10(14)13-7-5-12(4-3-11)6-8-13/h2-9,11H2,1H3. The van der Waals surface area contributed by atoms with Crippen molar-refractivity contribution in [2.45, 2.75) is 6.92 Å². The molecular weight excluding hydrogens is 194 g/mol. The fraction of sp³-hybridized carbons (Fsp3) is 0.900. The third kappa shape index (κ3) is 4.15. The lowest BCUT2D eigenvalue weighted by atomic mass is 10.3. The van der Waals surface area contributed by atoms with Crippen LogP contribution in [0.2, 0.25) is 0 Å². The summed E-state index contributed by atoms with van der Waals surface area (Å²) in [5.74, 6) is 0.101. The van der Waals surface area contributed by atoms with Crippen molar-refractivity contribution in [2.24, 2.45) is 5.73 Å². The molecule has 0 atom stereocenters. The van der Waals surface area contributed by atoms with Crippen LogP contribution in [0.25, 0.3) is 0 Å². The molecule has 1 aliphatic heterocycles. The van der Waals surface area contributed by atoms with Gasteiger partial charge in [-0.1, -0.05) is 0 Å². The second-order valence-corrected chi connectivity index (χ2v) is 3.65. The van der Waals surface area contributed by atoms with Crippen LogP contribution in [0.3, 0.4) is 0 Å². The minimum atomic E-state index is 0.101. The molecule has 0 aromatic heterocycles. The first-order chi connectivity index (χ1) is 7.27. The number of amides is 1. The molecule has 2 N–H and O–H groups in total. The molecule has 1 saturated heterocycles. The van der Waals surface area contributed by atoms with Gasteiger partial charge in [-0.2, -0.15) is 0 Å². The molecule has 5 heteroatoms. The molecule has 5 nitrogen and oxygen atoms in total. The van der Waals surface area contributed by atoms with Gasteiger partial charge in [0.05, 0.1) is 0 Å². The maximum atomic E-state index is 11.6. The molecule has 0 bridgehead atoms. The Morgan fingerprint density at radius 1 is 1.33 bits per heavy atom. The van der Waals surface area contributed by atoms with E-state index < -0.39 is 0 Å². The van der Waals surface area contributed by atoms with E-state index in [1.165, 1.54) is 0 Å². The van der Waals surface area contributed by atoms with Crippen molar-refractivity contribution < 1.29 is 9.53 Å². The number of nitrogens with two attached hydrogens (primary N) is 1. The Labute approximate surface area is 91.2 Å². The molecule has 0 radical (unpaired) electrons. The number of piperazine rings is 1. The number of nitrogens with zero attached hydrogens (tertiary/aromatic N) is 2. The number of hydrogen-bond donors (Lipinski definition) is 1. The molecule has 0 saturated carbocycles. The topological polar surface area (TPSA) is 58.8 Å². The molecular formula is C10H21N3O2. The van der Waals surface area contributed by atoms with Crippen LogP contribution < -0.4 is 5.73 Å². The van der Waals surface area contributed by atoms with Crippen LogP contribution in [0.15, 0.2) is 0 Å². The summed E-state index contributed by atoms with van der Waals surface area (Å²) in [7, 11) is 0. The summed E-state index contributed by atoms with van der Waals surface area (Å²) in [6.07, 6.45) is 0. The molecule has 1 rings (SSSR count). The molecule has 1 fully saturated rings. The highest BCUT2D eigenvalue weighted by Crippen LogP contribution is 2.01. The van der Waals surface area contributed by atoms with Gasteiger partial charge in [-0.15, -0.1) is 0 Å². The molecule has 1 amide bonds. The predicted molar refractivity (Wildman–Crippen MR) is 58.6 cm³/mol. The van der Waals surface area contributed by atoms with Crippen molar-refractivity contribution in [1.82, 2.24) is 9.80 Å². The van der Waals surface area contributed by atoms with Crippen molar-refractivity contribution in [3.8, 4) is 0 Å². The van der Waals surface area contributed by atoms with Crippen molar-refractivity contribution in [2.75, 3.05) is 52.5 Å². The number of hydrogen-bond acceptors (Lipinski definition) is 4. The molecule has 1 aliphatic rings. The van der Waals surface area contributed by atoms with Crippen LogP contribution in [-0.4, -0.2) is 68.2 Å². The Bertz CT molecular complexity index is 191. The van der Waals surface area contributed by atoms with Gasteiger partial charge in [0.2, 0.25) is 5.91 Å². The van der Waals surface area contributed by atoms with E-state index in [1.807, 2.05) is 11.8 Å². The van der Waals surface area contributed by atoms with Crippen LogP contribution in [0, 0.1) is 0 Å². The monoisotopic (exact) mass is 215 g/mol. The average Bonchev–Trinajstić information content (AvgIpc) is 2.27. The number of carbonyl (C=O) groups is 1. The highest BCUT2D eigenvalue weighted by atomic mass is 16.5. The SMILES string of the molecule is CCOCC(=O)N1CCN(CCN)CC1. The lowest BCUT2D eigenvalue weighted by Gasteiger charge is -2.34. The van der Waals surface area contributed by atoms with Gasteiger partial charge in [-0.3, -0.25) is 9.69 Å². The third-order valence-electron chi connectivity index (χ3n) is 2.60. The molecule has 0 aromatic rings. The zero-order valence-corrected chi connectivity index (χ0v) is 9.45. The Morgan fingerprint density at radius 2 is 2.00 bits per heavy atom. The van der Waals surface area contributed by atoms with Gasteiger partial charge in [0.15, 0.2) is 0 Å². The van der Waals surface area contributed by atoms with Gasteiger partial charge in [0.1, 0.15) is 6.61 Å². The van der Waals surface area contributed by atoms with E-state index >= 15 is 0 Å². The Balaban J connectivity index is 2.21. The fourth-order valence-corrected chi connectivity index (χ4v) is 1.68. The minimum absolute atomic E-state index is 0.101. The van der Waals surface area contributed by atoms with Crippen LogP contribution in [0.5, 0.6) is 0 Å². The number of ether oxygens (including phenoxy) is 1.